The van der Waals surface area contributed by atoms with Gasteiger partial charge in [-0.1, -0.05) is 0 Å². The summed E-state index contributed by atoms with van der Waals surface area (Å²) in [6, 6.07) is 0. The first-order valence-electron chi connectivity index (χ1n) is 12.8. The Labute approximate surface area is 207 Å². The third-order valence-electron chi connectivity index (χ3n) is 8.69. The molecule has 3 rings (SSSR count). The molecular formula is C31H44N2O. The van der Waals surface area contributed by atoms with Crippen molar-refractivity contribution < 1.29 is 4.74 Å². The van der Waals surface area contributed by atoms with E-state index < -0.39 is 0 Å². The molecule has 0 aliphatic carbocycles. The van der Waals surface area contributed by atoms with Gasteiger partial charge < -0.3 is 4.74 Å². The van der Waals surface area contributed by atoms with E-state index in [9.17, 15) is 0 Å². The van der Waals surface area contributed by atoms with Crippen LogP contribution in [0.5, 0.6) is 0 Å². The lowest BCUT2D eigenvalue weighted by molar-refractivity contribution is 0.0230. The van der Waals surface area contributed by atoms with E-state index in [-0.39, 0.29) is 12.2 Å². The Hall–Kier alpha value is -2.26. The summed E-state index contributed by atoms with van der Waals surface area (Å²) in [5.41, 5.74) is 17.6. The maximum absolute atomic E-state index is 6.62. The van der Waals surface area contributed by atoms with Crippen molar-refractivity contribution in [3.8, 4) is 0 Å². The molecule has 184 valence electrons. The van der Waals surface area contributed by atoms with Gasteiger partial charge in [0, 0.05) is 11.4 Å². The summed E-state index contributed by atoms with van der Waals surface area (Å²) in [6.45, 7) is 26.3. The van der Waals surface area contributed by atoms with Crippen LogP contribution in [0, 0.1) is 69.2 Å². The molecule has 3 heteroatoms. The van der Waals surface area contributed by atoms with Gasteiger partial charge in [-0.05, 0) is 158 Å². The molecule has 1 aliphatic rings. The van der Waals surface area contributed by atoms with Crippen molar-refractivity contribution in [2.45, 2.75) is 115 Å². The van der Waals surface area contributed by atoms with Crippen molar-refractivity contribution in [3.63, 3.8) is 0 Å². The predicted octanol–water partition coefficient (Wildman–Crippen LogP) is 8.59. The maximum Gasteiger partial charge on any atom is 0.0962 e. The number of hydrogen-bond acceptors (Lipinski definition) is 3. The maximum atomic E-state index is 6.62. The number of rotatable bonds is 4. The van der Waals surface area contributed by atoms with Crippen molar-refractivity contribution in [3.05, 3.63) is 55.6 Å². The SMILES string of the molecule is C/C(=N\c1c(C)c(C)c(C)c(C)c1C)C1CCCC(/C(C)=N/c2c(C)c(C)c(C)c(C)c2C)O1. The topological polar surface area (TPSA) is 34.0 Å². The van der Waals surface area contributed by atoms with Gasteiger partial charge in [0.1, 0.15) is 0 Å². The summed E-state index contributed by atoms with van der Waals surface area (Å²) in [7, 11) is 0. The molecule has 0 saturated carbocycles. The second-order valence-electron chi connectivity index (χ2n) is 10.5. The molecule has 3 nitrogen and oxygen atoms in total. The van der Waals surface area contributed by atoms with E-state index in [1.165, 1.54) is 55.6 Å². The van der Waals surface area contributed by atoms with Gasteiger partial charge in [-0.15, -0.1) is 0 Å². The summed E-state index contributed by atoms with van der Waals surface area (Å²) in [5.74, 6) is 0. The lowest BCUT2D eigenvalue weighted by Gasteiger charge is -2.30. The van der Waals surface area contributed by atoms with E-state index in [4.69, 9.17) is 14.7 Å². The Kier molecular flexibility index (Phi) is 7.87. The van der Waals surface area contributed by atoms with Gasteiger partial charge in [-0.2, -0.15) is 0 Å². The zero-order valence-electron chi connectivity index (χ0n) is 23.6. The number of ether oxygens (including phenoxy) is 1. The minimum absolute atomic E-state index is 0.0355. The normalized spacial score (nSPS) is 19.6. The Morgan fingerprint density at radius 3 is 1.06 bits per heavy atom. The molecule has 1 heterocycles. The van der Waals surface area contributed by atoms with Crippen molar-refractivity contribution in [2.75, 3.05) is 0 Å². The van der Waals surface area contributed by atoms with Crippen LogP contribution in [-0.4, -0.2) is 23.6 Å². The fraction of sp³-hybridized carbons (Fsp3) is 0.548. The Bertz CT molecular complexity index is 1030. The molecule has 2 unspecified atom stereocenters. The van der Waals surface area contributed by atoms with Crippen LogP contribution in [0.15, 0.2) is 9.98 Å². The van der Waals surface area contributed by atoms with Crippen molar-refractivity contribution in [1.29, 1.82) is 0 Å². The van der Waals surface area contributed by atoms with Gasteiger partial charge in [0.15, 0.2) is 0 Å². The summed E-state index contributed by atoms with van der Waals surface area (Å²) in [5, 5.41) is 0. The van der Waals surface area contributed by atoms with Crippen LogP contribution in [0.4, 0.5) is 11.4 Å². The highest BCUT2D eigenvalue weighted by molar-refractivity contribution is 5.92. The second-order valence-corrected chi connectivity index (χ2v) is 10.5. The number of nitrogens with zero attached hydrogens (tertiary/aromatic N) is 2. The van der Waals surface area contributed by atoms with Crippen LogP contribution in [0.25, 0.3) is 0 Å². The van der Waals surface area contributed by atoms with Crippen LogP contribution in [0.2, 0.25) is 0 Å². The van der Waals surface area contributed by atoms with Crippen molar-refractivity contribution >= 4 is 22.8 Å². The molecule has 1 saturated heterocycles. The van der Waals surface area contributed by atoms with Crippen molar-refractivity contribution in [2.24, 2.45) is 9.98 Å². The van der Waals surface area contributed by atoms with Crippen LogP contribution in [0.3, 0.4) is 0 Å². The highest BCUT2D eigenvalue weighted by Crippen LogP contribution is 2.35. The Morgan fingerprint density at radius 2 is 0.765 bits per heavy atom. The molecule has 2 atom stereocenters. The number of benzene rings is 2. The average molecular weight is 461 g/mol. The van der Waals surface area contributed by atoms with E-state index >= 15 is 0 Å². The van der Waals surface area contributed by atoms with E-state index in [1.54, 1.807) is 0 Å². The highest BCUT2D eigenvalue weighted by Gasteiger charge is 2.27. The molecule has 0 radical (unpaired) electrons. The molecule has 0 bridgehead atoms. The lowest BCUT2D eigenvalue weighted by atomic mass is 9.92. The molecular weight excluding hydrogens is 416 g/mol. The smallest absolute Gasteiger partial charge is 0.0962 e. The second kappa shape index (κ2) is 10.2. The third-order valence-corrected chi connectivity index (χ3v) is 8.69. The van der Waals surface area contributed by atoms with Gasteiger partial charge in [0.05, 0.1) is 23.6 Å². The summed E-state index contributed by atoms with van der Waals surface area (Å²) < 4.78 is 6.62. The van der Waals surface area contributed by atoms with Gasteiger partial charge >= 0.3 is 0 Å². The zero-order chi connectivity index (χ0) is 25.5. The number of hydrogen-bond donors (Lipinski definition) is 0. The monoisotopic (exact) mass is 460 g/mol. The van der Waals surface area contributed by atoms with Crippen LogP contribution < -0.4 is 0 Å². The molecule has 2 aromatic carbocycles. The molecule has 0 N–H and O–H groups in total. The van der Waals surface area contributed by atoms with Crippen LogP contribution >= 0.6 is 0 Å². The first-order chi connectivity index (χ1) is 15.9. The molecule has 2 aromatic rings. The first-order valence-corrected chi connectivity index (χ1v) is 12.8. The molecule has 1 aliphatic heterocycles. The van der Waals surface area contributed by atoms with Gasteiger partial charge in [-0.25, -0.2) is 0 Å². The first kappa shape index (κ1) is 26.3. The van der Waals surface area contributed by atoms with E-state index in [2.05, 4.69) is 83.1 Å². The van der Waals surface area contributed by atoms with E-state index in [0.717, 1.165) is 42.1 Å². The van der Waals surface area contributed by atoms with E-state index in [0.29, 0.717) is 0 Å². The van der Waals surface area contributed by atoms with Gasteiger partial charge in [0.25, 0.3) is 0 Å². The minimum Gasteiger partial charge on any atom is -0.363 e. The standard InChI is InChI=1S/C31H44N2O/c1-16-18(3)22(7)30(23(8)19(16)4)32-26(11)28-14-13-15-29(34-28)27(12)33-31-24(9)20(5)17(2)21(6)25(31)10/h28-29H,13-15H2,1-12H3/b32-26+,33-27+. The van der Waals surface area contributed by atoms with Crippen LogP contribution in [0.1, 0.15) is 88.7 Å². The predicted molar refractivity (Wildman–Crippen MR) is 148 cm³/mol. The zero-order valence-corrected chi connectivity index (χ0v) is 23.6. The Morgan fingerprint density at radius 1 is 0.500 bits per heavy atom. The summed E-state index contributed by atoms with van der Waals surface area (Å²) >= 11 is 0. The lowest BCUT2D eigenvalue weighted by Crippen LogP contribution is -2.36. The van der Waals surface area contributed by atoms with Gasteiger partial charge in [-0.3, -0.25) is 9.98 Å². The summed E-state index contributed by atoms with van der Waals surface area (Å²) in [6.07, 6.45) is 3.23. The minimum atomic E-state index is 0.0355. The third kappa shape index (κ3) is 4.77. The summed E-state index contributed by atoms with van der Waals surface area (Å²) in [4.78, 5) is 10.3. The van der Waals surface area contributed by atoms with Gasteiger partial charge in [0.2, 0.25) is 0 Å². The fourth-order valence-corrected chi connectivity index (χ4v) is 5.23. The molecule has 0 spiro atoms. The van der Waals surface area contributed by atoms with E-state index in [1.807, 2.05) is 0 Å². The molecule has 0 aromatic heterocycles. The average Bonchev–Trinajstić information content (AvgIpc) is 2.84. The molecule has 0 amide bonds. The fourth-order valence-electron chi connectivity index (χ4n) is 5.23. The molecule has 34 heavy (non-hydrogen) atoms. The largest absolute Gasteiger partial charge is 0.363 e. The highest BCUT2D eigenvalue weighted by atomic mass is 16.5. The van der Waals surface area contributed by atoms with Crippen molar-refractivity contribution in [1.82, 2.24) is 0 Å². The van der Waals surface area contributed by atoms with Crippen LogP contribution in [-0.2, 0) is 4.74 Å². The number of aliphatic imine (C=N–C) groups is 2. The molecule has 1 fully saturated rings. The quantitative estimate of drug-likeness (QED) is 0.421. The Balaban J connectivity index is 1.91.